The van der Waals surface area contributed by atoms with Gasteiger partial charge in [0.05, 0.1) is 0 Å². The van der Waals surface area contributed by atoms with Crippen molar-refractivity contribution in [2.75, 3.05) is 4.43 Å². The van der Waals surface area contributed by atoms with Gasteiger partial charge in [-0.15, -0.1) is 0 Å². The molecule has 1 N–H and O–H groups in total. The lowest BCUT2D eigenvalue weighted by molar-refractivity contribution is 0.0930. The van der Waals surface area contributed by atoms with E-state index in [1.165, 1.54) is 0 Å². The predicted octanol–water partition coefficient (Wildman–Crippen LogP) is 4.17. The molecule has 0 aromatic heterocycles. The molecule has 1 atom stereocenters. The van der Waals surface area contributed by atoms with Gasteiger partial charge in [-0.1, -0.05) is 75.4 Å². The summed E-state index contributed by atoms with van der Waals surface area (Å²) in [5.74, 6) is 0.489. The summed E-state index contributed by atoms with van der Waals surface area (Å²) in [4.78, 5) is 12.5. The van der Waals surface area contributed by atoms with Crippen molar-refractivity contribution in [3.8, 4) is 0 Å². The molecule has 106 valence electrons. The Hall–Kier alpha value is -0.580. The monoisotopic (exact) mass is 373 g/mol. The van der Waals surface area contributed by atoms with E-state index >= 15 is 0 Å². The Morgan fingerprint density at radius 1 is 1.26 bits per heavy atom. The van der Waals surface area contributed by atoms with Crippen molar-refractivity contribution >= 4 is 28.5 Å². The lowest BCUT2D eigenvalue weighted by Crippen LogP contribution is -2.40. The molecule has 0 saturated heterocycles. The Labute approximate surface area is 130 Å². The zero-order chi connectivity index (χ0) is 14.6. The summed E-state index contributed by atoms with van der Waals surface area (Å²) in [6.45, 7) is 10.7. The number of carbonyl (C=O) groups excluding carboxylic acids is 1. The van der Waals surface area contributed by atoms with Crippen LogP contribution < -0.4 is 5.32 Å². The molecule has 1 aromatic rings. The van der Waals surface area contributed by atoms with Crippen LogP contribution in [0.25, 0.3) is 0 Å². The van der Waals surface area contributed by atoms with Gasteiger partial charge in [-0.05, 0) is 23.0 Å². The maximum absolute atomic E-state index is 12.5. The average Bonchev–Trinajstić information content (AvgIpc) is 2.34. The van der Waals surface area contributed by atoms with Gasteiger partial charge in [-0.3, -0.25) is 4.79 Å². The van der Waals surface area contributed by atoms with Gasteiger partial charge < -0.3 is 5.32 Å². The number of nitrogens with one attached hydrogen (secondary N) is 1. The summed E-state index contributed by atoms with van der Waals surface area (Å²) >= 11 is 2.33. The molecule has 1 amide bonds. The number of hydrogen-bond acceptors (Lipinski definition) is 1. The van der Waals surface area contributed by atoms with Gasteiger partial charge in [0.25, 0.3) is 5.91 Å². The molecule has 0 spiro atoms. The highest BCUT2D eigenvalue weighted by atomic mass is 127. The fraction of sp³-hybridized carbons (Fsp3) is 0.562. The van der Waals surface area contributed by atoms with Gasteiger partial charge in [-0.2, -0.15) is 0 Å². The van der Waals surface area contributed by atoms with Crippen LogP contribution >= 0.6 is 22.6 Å². The molecule has 1 rings (SSSR count). The van der Waals surface area contributed by atoms with E-state index in [4.69, 9.17) is 0 Å². The second kappa shape index (κ2) is 6.73. The molecule has 3 heteroatoms. The third-order valence-corrected chi connectivity index (χ3v) is 4.22. The summed E-state index contributed by atoms with van der Waals surface area (Å²) < 4.78 is 0.929. The summed E-state index contributed by atoms with van der Waals surface area (Å²) in [6, 6.07) is 8.11. The fourth-order valence-electron chi connectivity index (χ4n) is 1.96. The standard InChI is InChI=1S/C16H24INO/c1-11(2)14(10-17)18-15(19)12-8-6-7-9-13(12)16(3,4)5/h6-9,11,14H,10H2,1-5H3,(H,18,19). The third kappa shape index (κ3) is 4.48. The molecule has 19 heavy (non-hydrogen) atoms. The van der Waals surface area contributed by atoms with Gasteiger partial charge in [0.2, 0.25) is 0 Å². The summed E-state index contributed by atoms with van der Waals surface area (Å²) in [6.07, 6.45) is 0. The Kier molecular flexibility index (Phi) is 5.83. The highest BCUT2D eigenvalue weighted by Crippen LogP contribution is 2.25. The Morgan fingerprint density at radius 3 is 2.32 bits per heavy atom. The largest absolute Gasteiger partial charge is 0.348 e. The highest BCUT2D eigenvalue weighted by molar-refractivity contribution is 14.1. The maximum atomic E-state index is 12.5. The van der Waals surface area contributed by atoms with Crippen LogP contribution in [0.4, 0.5) is 0 Å². The number of rotatable bonds is 4. The molecule has 0 heterocycles. The third-order valence-electron chi connectivity index (χ3n) is 3.27. The Morgan fingerprint density at radius 2 is 1.84 bits per heavy atom. The molecular weight excluding hydrogens is 349 g/mol. The van der Waals surface area contributed by atoms with Crippen LogP contribution in [0.5, 0.6) is 0 Å². The maximum Gasteiger partial charge on any atom is 0.251 e. The Bertz CT molecular complexity index is 435. The van der Waals surface area contributed by atoms with Gasteiger partial charge >= 0.3 is 0 Å². The molecule has 0 aliphatic heterocycles. The quantitative estimate of drug-likeness (QED) is 0.623. The molecule has 0 saturated carbocycles. The first kappa shape index (κ1) is 16.5. The van der Waals surface area contributed by atoms with E-state index in [9.17, 15) is 4.79 Å². The second-order valence-electron chi connectivity index (χ2n) is 6.27. The molecule has 1 unspecified atom stereocenters. The first-order valence-electron chi connectivity index (χ1n) is 6.73. The normalized spacial score (nSPS) is 13.4. The van der Waals surface area contributed by atoms with Crippen LogP contribution in [0.15, 0.2) is 24.3 Å². The van der Waals surface area contributed by atoms with Gasteiger partial charge in [-0.25, -0.2) is 0 Å². The van der Waals surface area contributed by atoms with Crippen molar-refractivity contribution < 1.29 is 4.79 Å². The van der Waals surface area contributed by atoms with Crippen molar-refractivity contribution in [3.63, 3.8) is 0 Å². The lowest BCUT2D eigenvalue weighted by Gasteiger charge is -2.25. The summed E-state index contributed by atoms with van der Waals surface area (Å²) in [5.41, 5.74) is 1.87. The van der Waals surface area contributed by atoms with E-state index < -0.39 is 0 Å². The van der Waals surface area contributed by atoms with Gasteiger partial charge in [0.1, 0.15) is 0 Å². The van der Waals surface area contributed by atoms with Crippen molar-refractivity contribution in [1.82, 2.24) is 5.32 Å². The van der Waals surface area contributed by atoms with Crippen molar-refractivity contribution in [2.45, 2.75) is 46.1 Å². The van der Waals surface area contributed by atoms with E-state index in [1.807, 2.05) is 24.3 Å². The topological polar surface area (TPSA) is 29.1 Å². The number of benzene rings is 1. The van der Waals surface area contributed by atoms with E-state index in [2.05, 4.69) is 62.5 Å². The van der Waals surface area contributed by atoms with Crippen LogP contribution in [0, 0.1) is 5.92 Å². The lowest BCUT2D eigenvalue weighted by atomic mass is 9.83. The van der Waals surface area contributed by atoms with Crippen molar-refractivity contribution in [2.24, 2.45) is 5.92 Å². The number of carbonyl (C=O) groups is 1. The molecule has 0 aliphatic carbocycles. The molecule has 0 bridgehead atoms. The van der Waals surface area contributed by atoms with E-state index in [0.717, 1.165) is 15.6 Å². The van der Waals surface area contributed by atoms with E-state index in [-0.39, 0.29) is 17.4 Å². The van der Waals surface area contributed by atoms with Gasteiger partial charge in [0, 0.05) is 16.0 Å². The number of halogens is 1. The zero-order valence-electron chi connectivity index (χ0n) is 12.5. The van der Waals surface area contributed by atoms with Crippen LogP contribution in [0.1, 0.15) is 50.5 Å². The first-order chi connectivity index (χ1) is 8.77. The molecular formula is C16H24INO. The van der Waals surface area contributed by atoms with Crippen LogP contribution in [-0.4, -0.2) is 16.4 Å². The molecule has 0 aliphatic rings. The second-order valence-corrected chi connectivity index (χ2v) is 7.15. The van der Waals surface area contributed by atoms with Crippen molar-refractivity contribution in [1.29, 1.82) is 0 Å². The van der Waals surface area contributed by atoms with Crippen LogP contribution in [-0.2, 0) is 5.41 Å². The number of hydrogen-bond donors (Lipinski definition) is 1. The smallest absolute Gasteiger partial charge is 0.251 e. The zero-order valence-corrected chi connectivity index (χ0v) is 14.6. The molecule has 2 nitrogen and oxygen atoms in total. The highest BCUT2D eigenvalue weighted by Gasteiger charge is 2.23. The van der Waals surface area contributed by atoms with E-state index in [1.54, 1.807) is 0 Å². The SMILES string of the molecule is CC(C)C(CI)NC(=O)c1ccccc1C(C)(C)C. The molecule has 1 aromatic carbocycles. The minimum atomic E-state index is -0.0222. The summed E-state index contributed by atoms with van der Waals surface area (Å²) in [7, 11) is 0. The average molecular weight is 373 g/mol. The summed E-state index contributed by atoms with van der Waals surface area (Å²) in [5, 5.41) is 3.15. The molecule has 0 fully saturated rings. The van der Waals surface area contributed by atoms with Crippen molar-refractivity contribution in [3.05, 3.63) is 35.4 Å². The predicted molar refractivity (Wildman–Crippen MR) is 90.1 cm³/mol. The first-order valence-corrected chi connectivity index (χ1v) is 8.26. The van der Waals surface area contributed by atoms with Crippen LogP contribution in [0.2, 0.25) is 0 Å². The van der Waals surface area contributed by atoms with Crippen LogP contribution in [0.3, 0.4) is 0 Å². The number of amides is 1. The van der Waals surface area contributed by atoms with E-state index in [0.29, 0.717) is 5.92 Å². The fourth-order valence-corrected chi connectivity index (χ4v) is 3.20. The Balaban J connectivity index is 3.01. The minimum absolute atomic E-state index is 0.0222. The number of alkyl halides is 1. The molecule has 0 radical (unpaired) electrons. The van der Waals surface area contributed by atoms with Gasteiger partial charge in [0.15, 0.2) is 0 Å². The minimum Gasteiger partial charge on any atom is -0.348 e.